The van der Waals surface area contributed by atoms with Crippen LogP contribution >= 0.6 is 0 Å². The van der Waals surface area contributed by atoms with Gasteiger partial charge in [0.05, 0.1) is 12.3 Å². The van der Waals surface area contributed by atoms with Crippen LogP contribution in [0.3, 0.4) is 0 Å². The minimum atomic E-state index is 0.555. The molecular formula is C14H15NO2. The third-order valence-corrected chi connectivity index (χ3v) is 2.71. The summed E-state index contributed by atoms with van der Waals surface area (Å²) < 4.78 is 5.68. The fourth-order valence-electron chi connectivity index (χ4n) is 1.88. The van der Waals surface area contributed by atoms with Crippen molar-refractivity contribution in [1.29, 1.82) is 0 Å². The van der Waals surface area contributed by atoms with Crippen molar-refractivity contribution in [3.05, 3.63) is 42.0 Å². The first kappa shape index (κ1) is 11.5. The molecule has 0 unspecified atom stereocenters. The molecule has 17 heavy (non-hydrogen) atoms. The molecule has 3 nitrogen and oxygen atoms in total. The van der Waals surface area contributed by atoms with Crippen LogP contribution in [0.1, 0.15) is 19.4 Å². The standard InChI is InChI=1S/C14H15NO2/c1-3-17-14-12(10(2)15-16)9-8-11-6-4-5-7-13(11)14/h4-9,16H,3H2,1-2H3/b15-10+. The SMILES string of the molecule is CCOc1c(/C(C)=N/O)ccc2ccccc12. The van der Waals surface area contributed by atoms with Gasteiger partial charge in [-0.25, -0.2) is 0 Å². The summed E-state index contributed by atoms with van der Waals surface area (Å²) in [5.74, 6) is 0.779. The van der Waals surface area contributed by atoms with Crippen molar-refractivity contribution in [3.63, 3.8) is 0 Å². The second-order valence-electron chi connectivity index (χ2n) is 3.78. The molecule has 0 radical (unpaired) electrons. The van der Waals surface area contributed by atoms with E-state index in [1.54, 1.807) is 6.92 Å². The Morgan fingerprint density at radius 1 is 1.24 bits per heavy atom. The molecule has 2 aromatic carbocycles. The highest BCUT2D eigenvalue weighted by atomic mass is 16.5. The van der Waals surface area contributed by atoms with Gasteiger partial charge in [0.2, 0.25) is 0 Å². The van der Waals surface area contributed by atoms with Crippen molar-refractivity contribution in [2.75, 3.05) is 6.61 Å². The molecule has 0 amide bonds. The highest BCUT2D eigenvalue weighted by Crippen LogP contribution is 2.30. The molecule has 1 N–H and O–H groups in total. The van der Waals surface area contributed by atoms with E-state index in [2.05, 4.69) is 5.16 Å². The molecule has 0 spiro atoms. The number of rotatable bonds is 3. The van der Waals surface area contributed by atoms with Gasteiger partial charge in [-0.1, -0.05) is 35.5 Å². The highest BCUT2D eigenvalue weighted by molar-refractivity contribution is 6.06. The molecule has 0 saturated carbocycles. The van der Waals surface area contributed by atoms with Crippen LogP contribution in [0, 0.1) is 0 Å². The average molecular weight is 229 g/mol. The fraction of sp³-hybridized carbons (Fsp3) is 0.214. The minimum absolute atomic E-state index is 0.555. The quantitative estimate of drug-likeness (QED) is 0.497. The Bertz CT molecular complexity index is 561. The molecule has 0 fully saturated rings. The Balaban J connectivity index is 2.72. The molecule has 0 heterocycles. The van der Waals surface area contributed by atoms with Gasteiger partial charge in [0.15, 0.2) is 0 Å². The van der Waals surface area contributed by atoms with Crippen LogP contribution in [-0.2, 0) is 0 Å². The van der Waals surface area contributed by atoms with Crippen molar-refractivity contribution >= 4 is 16.5 Å². The number of hydrogen-bond donors (Lipinski definition) is 1. The zero-order valence-corrected chi connectivity index (χ0v) is 9.97. The zero-order chi connectivity index (χ0) is 12.3. The largest absolute Gasteiger partial charge is 0.493 e. The normalized spacial score (nSPS) is 11.8. The van der Waals surface area contributed by atoms with Gasteiger partial charge < -0.3 is 9.94 Å². The summed E-state index contributed by atoms with van der Waals surface area (Å²) in [6.45, 7) is 4.28. The lowest BCUT2D eigenvalue weighted by Crippen LogP contribution is -2.02. The number of oxime groups is 1. The maximum absolute atomic E-state index is 8.89. The number of benzene rings is 2. The lowest BCUT2D eigenvalue weighted by molar-refractivity contribution is 0.317. The predicted octanol–water partition coefficient (Wildman–Crippen LogP) is 3.44. The molecule has 2 rings (SSSR count). The second-order valence-corrected chi connectivity index (χ2v) is 3.78. The van der Waals surface area contributed by atoms with Gasteiger partial charge >= 0.3 is 0 Å². The number of fused-ring (bicyclic) bond motifs is 1. The summed E-state index contributed by atoms with van der Waals surface area (Å²) in [5, 5.41) is 14.3. The van der Waals surface area contributed by atoms with E-state index in [1.807, 2.05) is 43.3 Å². The lowest BCUT2D eigenvalue weighted by atomic mass is 10.0. The maximum atomic E-state index is 8.89. The van der Waals surface area contributed by atoms with Crippen LogP contribution in [0.4, 0.5) is 0 Å². The van der Waals surface area contributed by atoms with E-state index in [1.165, 1.54) is 0 Å². The van der Waals surface area contributed by atoms with E-state index in [9.17, 15) is 0 Å². The van der Waals surface area contributed by atoms with Crippen molar-refractivity contribution in [3.8, 4) is 5.75 Å². The molecule has 0 aliphatic carbocycles. The maximum Gasteiger partial charge on any atom is 0.136 e. The summed E-state index contributed by atoms with van der Waals surface area (Å²) in [7, 11) is 0. The zero-order valence-electron chi connectivity index (χ0n) is 9.97. The van der Waals surface area contributed by atoms with Crippen LogP contribution in [-0.4, -0.2) is 17.5 Å². The summed E-state index contributed by atoms with van der Waals surface area (Å²) in [5.41, 5.74) is 1.38. The van der Waals surface area contributed by atoms with E-state index in [-0.39, 0.29) is 0 Å². The molecular weight excluding hydrogens is 214 g/mol. The Morgan fingerprint density at radius 3 is 2.71 bits per heavy atom. The lowest BCUT2D eigenvalue weighted by Gasteiger charge is -2.12. The van der Waals surface area contributed by atoms with Gasteiger partial charge in [0.1, 0.15) is 5.75 Å². The van der Waals surface area contributed by atoms with Gasteiger partial charge in [-0.05, 0) is 25.3 Å². The number of hydrogen-bond acceptors (Lipinski definition) is 3. The summed E-state index contributed by atoms with van der Waals surface area (Å²) in [6.07, 6.45) is 0. The summed E-state index contributed by atoms with van der Waals surface area (Å²) >= 11 is 0. The monoisotopic (exact) mass is 229 g/mol. The highest BCUT2D eigenvalue weighted by Gasteiger charge is 2.11. The molecule has 2 aromatic rings. The van der Waals surface area contributed by atoms with Crippen molar-refractivity contribution in [2.24, 2.45) is 5.16 Å². The number of ether oxygens (including phenoxy) is 1. The molecule has 88 valence electrons. The topological polar surface area (TPSA) is 41.8 Å². The average Bonchev–Trinajstić information content (AvgIpc) is 2.38. The first-order chi connectivity index (χ1) is 8.27. The third kappa shape index (κ3) is 2.09. The molecule has 0 aliphatic rings. The third-order valence-electron chi connectivity index (χ3n) is 2.71. The van der Waals surface area contributed by atoms with E-state index in [0.29, 0.717) is 12.3 Å². The van der Waals surface area contributed by atoms with E-state index >= 15 is 0 Å². The van der Waals surface area contributed by atoms with Crippen LogP contribution < -0.4 is 4.74 Å². The Hall–Kier alpha value is -2.03. The van der Waals surface area contributed by atoms with Gasteiger partial charge in [-0.2, -0.15) is 0 Å². The number of nitrogens with zero attached hydrogens (tertiary/aromatic N) is 1. The van der Waals surface area contributed by atoms with E-state index < -0.39 is 0 Å². The van der Waals surface area contributed by atoms with E-state index in [4.69, 9.17) is 9.94 Å². The van der Waals surface area contributed by atoms with Gasteiger partial charge in [-0.3, -0.25) is 0 Å². The van der Waals surface area contributed by atoms with E-state index in [0.717, 1.165) is 22.1 Å². The van der Waals surface area contributed by atoms with Crippen molar-refractivity contribution < 1.29 is 9.94 Å². The first-order valence-corrected chi connectivity index (χ1v) is 5.61. The molecule has 0 atom stereocenters. The summed E-state index contributed by atoms with van der Waals surface area (Å²) in [6, 6.07) is 11.9. The van der Waals surface area contributed by atoms with Crippen molar-refractivity contribution in [1.82, 2.24) is 0 Å². The Morgan fingerprint density at radius 2 is 2.00 bits per heavy atom. The van der Waals surface area contributed by atoms with Crippen LogP contribution in [0.25, 0.3) is 10.8 Å². The summed E-state index contributed by atoms with van der Waals surface area (Å²) in [4.78, 5) is 0. The van der Waals surface area contributed by atoms with Crippen LogP contribution in [0.2, 0.25) is 0 Å². The predicted molar refractivity (Wildman–Crippen MR) is 69.1 cm³/mol. The molecule has 0 bridgehead atoms. The molecule has 0 aliphatic heterocycles. The van der Waals surface area contributed by atoms with Gasteiger partial charge in [-0.15, -0.1) is 0 Å². The van der Waals surface area contributed by atoms with Gasteiger partial charge in [0, 0.05) is 10.9 Å². The molecule has 0 saturated heterocycles. The first-order valence-electron chi connectivity index (χ1n) is 5.61. The smallest absolute Gasteiger partial charge is 0.136 e. The van der Waals surface area contributed by atoms with Crippen LogP contribution in [0.5, 0.6) is 5.75 Å². The Labute approximate surface area is 100 Å². The van der Waals surface area contributed by atoms with Gasteiger partial charge in [0.25, 0.3) is 0 Å². The second kappa shape index (κ2) is 4.87. The Kier molecular flexibility index (Phi) is 3.28. The fourth-order valence-corrected chi connectivity index (χ4v) is 1.88. The minimum Gasteiger partial charge on any atom is -0.493 e. The van der Waals surface area contributed by atoms with Crippen molar-refractivity contribution in [2.45, 2.75) is 13.8 Å². The molecule has 0 aromatic heterocycles. The van der Waals surface area contributed by atoms with Crippen LogP contribution in [0.15, 0.2) is 41.6 Å². The molecule has 3 heteroatoms.